The molecule has 3 rings (SSSR count). The lowest BCUT2D eigenvalue weighted by molar-refractivity contribution is 0.0697. The van der Waals surface area contributed by atoms with Crippen LogP contribution in [0, 0.1) is 0 Å². The number of allylic oxidation sites excluding steroid dienone is 1. The molecule has 0 aliphatic carbocycles. The second-order valence-electron chi connectivity index (χ2n) is 6.45. The first-order valence-electron chi connectivity index (χ1n) is 9.65. The molecule has 0 fully saturated rings. The maximum absolute atomic E-state index is 11.6. The summed E-state index contributed by atoms with van der Waals surface area (Å²) in [7, 11) is 0. The molecule has 0 atom stereocenters. The van der Waals surface area contributed by atoms with Gasteiger partial charge in [-0.1, -0.05) is 43.3 Å². The van der Waals surface area contributed by atoms with Crippen molar-refractivity contribution >= 4 is 5.97 Å². The Morgan fingerprint density at radius 2 is 1.45 bits per heavy atom. The molecular weight excluding hydrogens is 364 g/mol. The molecule has 1 N–H and O–H groups in total. The highest BCUT2D eigenvalue weighted by Crippen LogP contribution is 2.31. The third-order valence-electron chi connectivity index (χ3n) is 4.45. The van der Waals surface area contributed by atoms with Crippen LogP contribution >= 0.6 is 0 Å². The average Bonchev–Trinajstić information content (AvgIpc) is 2.75. The molecule has 0 unspecified atom stereocenters. The van der Waals surface area contributed by atoms with Gasteiger partial charge in [-0.2, -0.15) is 0 Å². The lowest BCUT2D eigenvalue weighted by Gasteiger charge is -2.11. The number of rotatable bonds is 8. The van der Waals surface area contributed by atoms with Gasteiger partial charge in [0.25, 0.3) is 0 Å². The van der Waals surface area contributed by atoms with E-state index in [-0.39, 0.29) is 5.56 Å². The molecule has 3 aromatic rings. The summed E-state index contributed by atoms with van der Waals surface area (Å²) in [5.74, 6) is 0.484. The number of ether oxygens (including phenoxy) is 2. The van der Waals surface area contributed by atoms with Crippen LogP contribution in [0.25, 0.3) is 22.3 Å². The van der Waals surface area contributed by atoms with E-state index < -0.39 is 5.97 Å². The maximum Gasteiger partial charge on any atom is 0.336 e. The monoisotopic (exact) mass is 388 g/mol. The highest BCUT2D eigenvalue weighted by Gasteiger charge is 2.13. The van der Waals surface area contributed by atoms with Gasteiger partial charge in [0.2, 0.25) is 0 Å². The molecule has 0 aliphatic heterocycles. The highest BCUT2D eigenvalue weighted by atomic mass is 16.5. The fourth-order valence-electron chi connectivity index (χ4n) is 3.00. The van der Waals surface area contributed by atoms with Crippen molar-refractivity contribution in [2.24, 2.45) is 0 Å². The van der Waals surface area contributed by atoms with Crippen LogP contribution in [0.2, 0.25) is 0 Å². The van der Waals surface area contributed by atoms with Gasteiger partial charge in [0, 0.05) is 0 Å². The van der Waals surface area contributed by atoms with Crippen molar-refractivity contribution in [3.63, 3.8) is 0 Å². The molecule has 4 heteroatoms. The van der Waals surface area contributed by atoms with Crippen LogP contribution in [0.1, 0.15) is 30.6 Å². The van der Waals surface area contributed by atoms with E-state index in [1.807, 2.05) is 61.5 Å². The topological polar surface area (TPSA) is 55.8 Å². The van der Waals surface area contributed by atoms with Gasteiger partial charge in [-0.05, 0) is 72.0 Å². The van der Waals surface area contributed by atoms with Gasteiger partial charge < -0.3 is 14.6 Å². The lowest BCUT2D eigenvalue weighted by Crippen LogP contribution is -2.01. The first-order chi connectivity index (χ1) is 14.1. The Kier molecular flexibility index (Phi) is 6.69. The summed E-state index contributed by atoms with van der Waals surface area (Å²) in [6.45, 7) is 4.48. The van der Waals surface area contributed by atoms with E-state index in [0.29, 0.717) is 17.9 Å². The van der Waals surface area contributed by atoms with E-state index in [4.69, 9.17) is 9.47 Å². The molecule has 4 nitrogen and oxygen atoms in total. The molecule has 0 spiro atoms. The normalized spacial score (nSPS) is 10.8. The Morgan fingerprint density at radius 1 is 0.862 bits per heavy atom. The first-order valence-corrected chi connectivity index (χ1v) is 9.65. The van der Waals surface area contributed by atoms with E-state index in [1.165, 1.54) is 0 Å². The van der Waals surface area contributed by atoms with Crippen molar-refractivity contribution < 1.29 is 19.4 Å². The standard InChI is InChI=1S/C25H24O4/c1-3-5-16-29-21-12-10-19(11-13-21)18-6-8-20(9-7-18)24-17-22(28-4-2)14-15-23(24)25(26)27/h5-17H,3-4H2,1-2H3,(H,26,27)/b16-5+. The summed E-state index contributed by atoms with van der Waals surface area (Å²) in [5, 5.41) is 9.53. The molecule has 0 saturated carbocycles. The summed E-state index contributed by atoms with van der Waals surface area (Å²) < 4.78 is 11.1. The van der Waals surface area contributed by atoms with Gasteiger partial charge in [-0.3, -0.25) is 0 Å². The number of benzene rings is 3. The van der Waals surface area contributed by atoms with Gasteiger partial charge in [0.15, 0.2) is 0 Å². The van der Waals surface area contributed by atoms with Crippen LogP contribution < -0.4 is 9.47 Å². The molecule has 0 heterocycles. The van der Waals surface area contributed by atoms with Crippen molar-refractivity contribution in [1.82, 2.24) is 0 Å². The minimum absolute atomic E-state index is 0.253. The fourth-order valence-corrected chi connectivity index (χ4v) is 3.00. The molecular formula is C25H24O4. The van der Waals surface area contributed by atoms with Crippen molar-refractivity contribution in [2.45, 2.75) is 20.3 Å². The Bertz CT molecular complexity index is 986. The van der Waals surface area contributed by atoms with Crippen molar-refractivity contribution in [2.75, 3.05) is 6.61 Å². The summed E-state index contributed by atoms with van der Waals surface area (Å²) in [6.07, 6.45) is 4.58. The van der Waals surface area contributed by atoms with Crippen LogP contribution in [0.5, 0.6) is 11.5 Å². The molecule has 0 bridgehead atoms. The number of aromatic carboxylic acids is 1. The molecule has 29 heavy (non-hydrogen) atoms. The SMILES string of the molecule is CC/C=C/Oc1ccc(-c2ccc(-c3cc(OCC)ccc3C(=O)O)cc2)cc1. The molecule has 0 radical (unpaired) electrons. The number of carbonyl (C=O) groups is 1. The minimum Gasteiger partial charge on any atom is -0.494 e. The lowest BCUT2D eigenvalue weighted by atomic mass is 9.96. The Labute approximate surface area is 171 Å². The zero-order valence-electron chi connectivity index (χ0n) is 16.6. The van der Waals surface area contributed by atoms with Crippen molar-refractivity contribution in [3.8, 4) is 33.8 Å². The summed E-state index contributed by atoms with van der Waals surface area (Å²) in [4.78, 5) is 11.6. The van der Waals surface area contributed by atoms with Crippen LogP contribution in [-0.2, 0) is 0 Å². The zero-order chi connectivity index (χ0) is 20.6. The third kappa shape index (κ3) is 5.05. The van der Waals surface area contributed by atoms with E-state index in [1.54, 1.807) is 24.5 Å². The Hall–Kier alpha value is -3.53. The van der Waals surface area contributed by atoms with Gasteiger partial charge in [-0.15, -0.1) is 0 Å². The van der Waals surface area contributed by atoms with Crippen LogP contribution in [0.3, 0.4) is 0 Å². The largest absolute Gasteiger partial charge is 0.494 e. The van der Waals surface area contributed by atoms with E-state index in [2.05, 4.69) is 6.92 Å². The predicted molar refractivity (Wildman–Crippen MR) is 116 cm³/mol. The van der Waals surface area contributed by atoms with Gasteiger partial charge in [0.1, 0.15) is 11.5 Å². The Balaban J connectivity index is 1.86. The minimum atomic E-state index is -0.958. The molecule has 0 saturated heterocycles. The number of hydrogen-bond acceptors (Lipinski definition) is 3. The first kappa shape index (κ1) is 20.2. The van der Waals surface area contributed by atoms with Crippen LogP contribution in [0.4, 0.5) is 0 Å². The second kappa shape index (κ2) is 9.60. The highest BCUT2D eigenvalue weighted by molar-refractivity contribution is 5.96. The molecule has 3 aromatic carbocycles. The molecule has 0 amide bonds. The summed E-state index contributed by atoms with van der Waals surface area (Å²) in [5.41, 5.74) is 3.83. The predicted octanol–water partition coefficient (Wildman–Crippen LogP) is 6.42. The second-order valence-corrected chi connectivity index (χ2v) is 6.45. The van der Waals surface area contributed by atoms with Crippen LogP contribution in [-0.4, -0.2) is 17.7 Å². The zero-order valence-corrected chi connectivity index (χ0v) is 16.6. The molecule has 0 aromatic heterocycles. The average molecular weight is 388 g/mol. The smallest absolute Gasteiger partial charge is 0.336 e. The van der Waals surface area contributed by atoms with Crippen LogP contribution in [0.15, 0.2) is 79.1 Å². The number of carboxylic acids is 1. The van der Waals surface area contributed by atoms with E-state index in [0.717, 1.165) is 28.9 Å². The molecule has 0 aliphatic rings. The van der Waals surface area contributed by atoms with E-state index in [9.17, 15) is 9.90 Å². The van der Waals surface area contributed by atoms with Crippen molar-refractivity contribution in [1.29, 1.82) is 0 Å². The number of carboxylic acid groups (broad SMARTS) is 1. The van der Waals surface area contributed by atoms with E-state index >= 15 is 0 Å². The summed E-state index contributed by atoms with van der Waals surface area (Å²) >= 11 is 0. The van der Waals surface area contributed by atoms with Crippen molar-refractivity contribution in [3.05, 3.63) is 84.6 Å². The van der Waals surface area contributed by atoms with Gasteiger partial charge >= 0.3 is 5.97 Å². The fraction of sp³-hybridized carbons (Fsp3) is 0.160. The summed E-state index contributed by atoms with van der Waals surface area (Å²) in [6, 6.07) is 20.7. The number of hydrogen-bond donors (Lipinski definition) is 1. The van der Waals surface area contributed by atoms with Gasteiger partial charge in [0.05, 0.1) is 18.4 Å². The maximum atomic E-state index is 11.6. The quantitative estimate of drug-likeness (QED) is 0.452. The Morgan fingerprint density at radius 3 is 2.03 bits per heavy atom. The molecule has 148 valence electrons. The third-order valence-corrected chi connectivity index (χ3v) is 4.45. The van der Waals surface area contributed by atoms with Gasteiger partial charge in [-0.25, -0.2) is 4.79 Å².